The monoisotopic (exact) mass is 638 g/mol. The molecule has 0 spiro atoms. The minimum Gasteiger partial charge on any atom is -0.363 e. The summed E-state index contributed by atoms with van der Waals surface area (Å²) in [5.74, 6) is -1.75. The van der Waals surface area contributed by atoms with E-state index < -0.39 is 52.8 Å². The van der Waals surface area contributed by atoms with Crippen LogP contribution in [0, 0.1) is 29.9 Å². The highest BCUT2D eigenvalue weighted by Crippen LogP contribution is 2.33. The molecule has 4 aromatic rings. The fourth-order valence-corrected chi connectivity index (χ4v) is 5.84. The molecule has 0 unspecified atom stereocenters. The summed E-state index contributed by atoms with van der Waals surface area (Å²) in [4.78, 5) is 31.5. The summed E-state index contributed by atoms with van der Waals surface area (Å²) >= 11 is 0. The second-order valence-electron chi connectivity index (χ2n) is 11.1. The van der Waals surface area contributed by atoms with Gasteiger partial charge in [-0.05, 0) is 36.2 Å². The van der Waals surface area contributed by atoms with Gasteiger partial charge in [0.15, 0.2) is 0 Å². The van der Waals surface area contributed by atoms with Crippen molar-refractivity contribution in [2.45, 2.75) is 38.8 Å². The number of rotatable bonds is 8. The summed E-state index contributed by atoms with van der Waals surface area (Å²) in [6, 6.07) is 16.8. The molecular weight excluding hydrogens is 607 g/mol. The maximum Gasteiger partial charge on any atom is 0.416 e. The van der Waals surface area contributed by atoms with E-state index in [1.165, 1.54) is 19.1 Å². The van der Waals surface area contributed by atoms with Crippen molar-refractivity contribution < 1.29 is 22.0 Å². The van der Waals surface area contributed by atoms with Crippen LogP contribution in [-0.2, 0) is 25.8 Å². The first-order chi connectivity index (χ1) is 21.9. The Kier molecular flexibility index (Phi) is 9.41. The summed E-state index contributed by atoms with van der Waals surface area (Å²) < 4.78 is 72.6. The van der Waals surface area contributed by atoms with Crippen LogP contribution >= 0.6 is 0 Å². The molecule has 2 N–H and O–H groups in total. The molecule has 8 nitrogen and oxygen atoms in total. The molecule has 1 aliphatic heterocycles. The minimum atomic E-state index is -4.88. The first-order valence-corrected chi connectivity index (χ1v) is 14.5. The smallest absolute Gasteiger partial charge is 0.363 e. The third-order valence-electron chi connectivity index (χ3n) is 8.30. The molecule has 0 saturated carbocycles. The number of hydrogen-bond donors (Lipinski definition) is 1. The number of aromatic nitrogens is 2. The van der Waals surface area contributed by atoms with E-state index >= 15 is 0 Å². The lowest BCUT2D eigenvalue weighted by molar-refractivity contribution is -0.138. The number of nitrogens with zero attached hydrogens (tertiary/aromatic N) is 5. The fourth-order valence-electron chi connectivity index (χ4n) is 5.84. The van der Waals surface area contributed by atoms with Crippen LogP contribution in [0.3, 0.4) is 0 Å². The van der Waals surface area contributed by atoms with Gasteiger partial charge in [-0.3, -0.25) is 18.8 Å². The zero-order valence-electron chi connectivity index (χ0n) is 24.9. The van der Waals surface area contributed by atoms with E-state index in [1.807, 2.05) is 11.0 Å². The number of nitriles is 1. The lowest BCUT2D eigenvalue weighted by atomic mass is 10.1. The number of nitrogens with two attached hydrogens (primary N) is 1. The van der Waals surface area contributed by atoms with Gasteiger partial charge in [-0.15, -0.1) is 0 Å². The molecule has 5 rings (SSSR count). The Labute approximate surface area is 261 Å². The highest BCUT2D eigenvalue weighted by atomic mass is 19.4. The van der Waals surface area contributed by atoms with Crippen LogP contribution in [0.4, 0.5) is 27.6 Å². The molecule has 2 heterocycles. The molecular formula is C33H31F5N6O2. The molecule has 1 aromatic heterocycles. The number of alkyl halides is 3. The Hall–Kier alpha value is -4.80. The van der Waals surface area contributed by atoms with Gasteiger partial charge >= 0.3 is 11.9 Å². The normalized spacial score (nSPS) is 14.7. The largest absolute Gasteiger partial charge is 0.416 e. The van der Waals surface area contributed by atoms with Gasteiger partial charge in [0.1, 0.15) is 23.4 Å². The number of anilines is 1. The molecule has 1 atom stereocenters. The van der Waals surface area contributed by atoms with Gasteiger partial charge in [-0.1, -0.05) is 48.5 Å². The van der Waals surface area contributed by atoms with E-state index in [4.69, 9.17) is 5.73 Å². The maximum atomic E-state index is 14.9. The molecule has 1 aliphatic rings. The zero-order valence-corrected chi connectivity index (χ0v) is 24.9. The van der Waals surface area contributed by atoms with Gasteiger partial charge < -0.3 is 10.6 Å². The van der Waals surface area contributed by atoms with E-state index in [-0.39, 0.29) is 43.1 Å². The number of piperazine rings is 1. The summed E-state index contributed by atoms with van der Waals surface area (Å²) in [7, 11) is 0. The average Bonchev–Trinajstić information content (AvgIpc) is 3.03. The summed E-state index contributed by atoms with van der Waals surface area (Å²) in [5, 5.41) is 9.40. The third-order valence-corrected chi connectivity index (χ3v) is 8.30. The molecule has 13 heteroatoms. The van der Waals surface area contributed by atoms with Gasteiger partial charge in [0.2, 0.25) is 0 Å². The number of benzene rings is 3. The zero-order chi connectivity index (χ0) is 33.2. The van der Waals surface area contributed by atoms with Gasteiger partial charge in [0.25, 0.3) is 5.56 Å². The highest BCUT2D eigenvalue weighted by Gasteiger charge is 2.35. The van der Waals surface area contributed by atoms with Crippen LogP contribution < -0.4 is 21.9 Å². The lowest BCUT2D eigenvalue weighted by Gasteiger charge is -2.37. The predicted octanol–water partition coefficient (Wildman–Crippen LogP) is 4.56. The van der Waals surface area contributed by atoms with Crippen molar-refractivity contribution >= 4 is 5.69 Å². The lowest BCUT2D eigenvalue weighted by Crippen LogP contribution is -2.51. The van der Waals surface area contributed by atoms with Crippen LogP contribution in [-0.4, -0.2) is 40.2 Å². The second-order valence-corrected chi connectivity index (χ2v) is 11.1. The van der Waals surface area contributed by atoms with Crippen LogP contribution in [0.2, 0.25) is 0 Å². The topological polar surface area (TPSA) is 100 Å². The van der Waals surface area contributed by atoms with Crippen molar-refractivity contribution in [3.63, 3.8) is 0 Å². The first-order valence-electron chi connectivity index (χ1n) is 14.5. The molecule has 3 aromatic carbocycles. The Morgan fingerprint density at radius 3 is 2.17 bits per heavy atom. The maximum absolute atomic E-state index is 14.9. The van der Waals surface area contributed by atoms with Crippen molar-refractivity contribution in [1.82, 2.24) is 14.0 Å². The second kappa shape index (κ2) is 13.3. The van der Waals surface area contributed by atoms with Crippen molar-refractivity contribution in [2.75, 3.05) is 31.1 Å². The predicted molar refractivity (Wildman–Crippen MR) is 162 cm³/mol. The Morgan fingerprint density at radius 2 is 1.52 bits per heavy atom. The molecule has 0 aliphatic carbocycles. The summed E-state index contributed by atoms with van der Waals surface area (Å²) in [6.45, 7) is 2.06. The van der Waals surface area contributed by atoms with Crippen LogP contribution in [0.5, 0.6) is 0 Å². The Morgan fingerprint density at radius 1 is 0.870 bits per heavy atom. The Balaban J connectivity index is 1.53. The van der Waals surface area contributed by atoms with Crippen molar-refractivity contribution in [3.05, 3.63) is 133 Å². The average molecular weight is 639 g/mol. The summed E-state index contributed by atoms with van der Waals surface area (Å²) in [5.41, 5.74) is 4.14. The Bertz CT molecular complexity index is 1890. The quantitative estimate of drug-likeness (QED) is 0.284. The van der Waals surface area contributed by atoms with E-state index in [0.29, 0.717) is 24.2 Å². The van der Waals surface area contributed by atoms with Gasteiger partial charge in [0, 0.05) is 50.0 Å². The van der Waals surface area contributed by atoms with E-state index in [2.05, 4.69) is 0 Å². The molecule has 0 radical (unpaired) electrons. The van der Waals surface area contributed by atoms with E-state index in [1.54, 1.807) is 41.3 Å². The summed E-state index contributed by atoms with van der Waals surface area (Å²) in [6.07, 6.45) is -4.88. The number of hydrogen-bond acceptors (Lipinski definition) is 6. The van der Waals surface area contributed by atoms with Crippen LogP contribution in [0.15, 0.2) is 76.3 Å². The highest BCUT2D eigenvalue weighted by molar-refractivity contribution is 5.50. The molecule has 0 amide bonds. The standard InChI is InChI=1S/C33H31F5N6O2/c1-21-30(42-15-13-41(14-16-42)18-23-9-5-11-27(34)24(23)17-39)31(45)44(20-29(40)22-7-3-2-4-8-22)32(46)43(21)19-25-26(33(36,37)38)10-6-12-28(25)35/h2-12,29H,13-16,18-20,40H2,1H3/t29-/m1/s1. The van der Waals surface area contributed by atoms with Gasteiger partial charge in [-0.2, -0.15) is 18.4 Å². The van der Waals surface area contributed by atoms with Crippen molar-refractivity contribution in [2.24, 2.45) is 5.73 Å². The van der Waals surface area contributed by atoms with Gasteiger partial charge in [-0.25, -0.2) is 13.6 Å². The first kappa shape index (κ1) is 32.6. The van der Waals surface area contributed by atoms with Gasteiger partial charge in [0.05, 0.1) is 24.2 Å². The minimum absolute atomic E-state index is 0.0446. The molecule has 1 fully saturated rings. The molecule has 46 heavy (non-hydrogen) atoms. The fraction of sp³-hybridized carbons (Fsp3) is 0.303. The van der Waals surface area contributed by atoms with Crippen molar-refractivity contribution in [1.29, 1.82) is 5.26 Å². The molecule has 0 bridgehead atoms. The SMILES string of the molecule is Cc1c(N2CCN(Cc3cccc(F)c3C#N)CC2)c(=O)n(C[C@@H](N)c2ccccc2)c(=O)n1Cc1c(F)cccc1C(F)(F)F. The van der Waals surface area contributed by atoms with E-state index in [9.17, 15) is 36.8 Å². The van der Waals surface area contributed by atoms with Crippen LogP contribution in [0.25, 0.3) is 0 Å². The van der Waals surface area contributed by atoms with Crippen LogP contribution in [0.1, 0.15) is 39.6 Å². The van der Waals surface area contributed by atoms with Crippen molar-refractivity contribution in [3.8, 4) is 6.07 Å². The molecule has 240 valence electrons. The van der Waals surface area contributed by atoms with E-state index in [0.717, 1.165) is 27.3 Å². The molecule has 1 saturated heterocycles. The number of halogens is 5. The third kappa shape index (κ3) is 6.59.